The number of amides is 2. The van der Waals surface area contributed by atoms with E-state index in [0.717, 1.165) is 49.7 Å². The number of carbonyl (C=O) groups is 4. The lowest BCUT2D eigenvalue weighted by atomic mass is 9.46. The number of ketones is 1. The van der Waals surface area contributed by atoms with Crippen molar-refractivity contribution in [2.45, 2.75) is 219 Å². The molecule has 460 valence electrons. The van der Waals surface area contributed by atoms with E-state index in [9.17, 15) is 34.5 Å². The number of fused-ring (bicyclic) bond motifs is 5. The largest absolute Gasteiger partial charge is 0.449 e. The van der Waals surface area contributed by atoms with Crippen LogP contribution in [0.3, 0.4) is 0 Å². The molecule has 6 aliphatic rings. The Labute approximate surface area is 493 Å². The Bertz CT molecular complexity index is 2620. The first-order chi connectivity index (χ1) is 39.1. The first kappa shape index (κ1) is 64.5. The number of hydrogen-bond acceptors (Lipinski definition) is 15. The van der Waals surface area contributed by atoms with Gasteiger partial charge in [0.25, 0.3) is 0 Å². The summed E-state index contributed by atoms with van der Waals surface area (Å²) >= 11 is 0. The van der Waals surface area contributed by atoms with Crippen molar-refractivity contribution in [3.63, 3.8) is 0 Å². The first-order valence-electron chi connectivity index (χ1n) is 30.4. The molecule has 8 rings (SSSR count). The highest BCUT2D eigenvalue weighted by Gasteiger charge is 2.70. The predicted octanol–water partition coefficient (Wildman–Crippen LogP) is 10.4. The Hall–Kier alpha value is -4.50. The third-order valence-corrected chi connectivity index (χ3v) is 25.0. The van der Waals surface area contributed by atoms with Gasteiger partial charge in [0.05, 0.1) is 31.0 Å². The highest BCUT2D eigenvalue weighted by molar-refractivity contribution is 6.74. The Kier molecular flexibility index (Phi) is 20.4. The van der Waals surface area contributed by atoms with Crippen LogP contribution < -0.4 is 10.6 Å². The van der Waals surface area contributed by atoms with E-state index < -0.39 is 98.5 Å². The summed E-state index contributed by atoms with van der Waals surface area (Å²) in [6, 6.07) is 13.8. The number of rotatable bonds is 20. The van der Waals surface area contributed by atoms with Gasteiger partial charge < -0.3 is 63.5 Å². The number of Topliss-reactive ketones (excluding diaryl/α,β-unsaturated/α-hetero) is 1. The van der Waals surface area contributed by atoms with Gasteiger partial charge in [0.15, 0.2) is 33.1 Å². The molecule has 3 saturated carbocycles. The van der Waals surface area contributed by atoms with E-state index in [2.05, 4.69) is 84.8 Å². The molecule has 0 spiro atoms. The number of alkyl carbamates (subject to hydrolysis) is 2. The van der Waals surface area contributed by atoms with E-state index in [-0.39, 0.29) is 72.6 Å². The summed E-state index contributed by atoms with van der Waals surface area (Å²) in [6.07, 6.45) is -0.419. The SMILES string of the molecule is C=CCOC(=O)NCc1ccc(CNC(=O)OC2C(O)COC(OC3C(O)COC(O[C@H]4C[C@H]5[C@@H]6CC=C7C[C@@H](O[Si](C)(C)C(C)(C)C)CC[C@]7(C)C6CC[C@]5(C)[C@@]4(O)[C@H](C)C(=O)CCC(C)C)C3C)C2OC(=O)c2ccc(C)cc2)cc1. The summed E-state index contributed by atoms with van der Waals surface area (Å²) in [4.78, 5) is 53.9. The number of carbonyl (C=O) groups excluding carboxylic acids is 4. The molecule has 17 atom stereocenters. The number of ether oxygens (including phenoxy) is 7. The van der Waals surface area contributed by atoms with Crippen LogP contribution in [0.1, 0.15) is 147 Å². The zero-order valence-corrected chi connectivity index (χ0v) is 52.3. The number of nitrogens with one attached hydrogen (secondary N) is 2. The monoisotopic (exact) mass is 1170 g/mol. The quantitative estimate of drug-likeness (QED) is 0.0360. The maximum atomic E-state index is 14.5. The van der Waals surface area contributed by atoms with Gasteiger partial charge >= 0.3 is 18.2 Å². The van der Waals surface area contributed by atoms with Crippen LogP contribution in [0.15, 0.2) is 72.8 Å². The van der Waals surface area contributed by atoms with E-state index in [1.165, 1.54) is 11.6 Å². The van der Waals surface area contributed by atoms with Crippen molar-refractivity contribution >= 4 is 32.3 Å². The molecule has 0 radical (unpaired) electrons. The third-order valence-electron chi connectivity index (χ3n) is 20.5. The van der Waals surface area contributed by atoms with Crippen LogP contribution in [0.25, 0.3) is 0 Å². The van der Waals surface area contributed by atoms with Crippen molar-refractivity contribution in [3.8, 4) is 0 Å². The second-order valence-electron chi connectivity index (χ2n) is 27.3. The van der Waals surface area contributed by atoms with Crippen molar-refractivity contribution in [3.05, 3.63) is 95.1 Å². The fourth-order valence-corrected chi connectivity index (χ4v) is 15.7. The molecule has 18 heteroatoms. The van der Waals surface area contributed by atoms with Crippen LogP contribution in [0.2, 0.25) is 18.1 Å². The Balaban J connectivity index is 1.01. The fourth-order valence-electron chi connectivity index (χ4n) is 14.3. The van der Waals surface area contributed by atoms with Crippen LogP contribution in [-0.2, 0) is 55.5 Å². The molecular weight excluding hydrogens is 1080 g/mol. The first-order valence-corrected chi connectivity index (χ1v) is 33.3. The normalized spacial score (nSPS) is 34.7. The fraction of sp³-hybridized carbons (Fsp3) is 0.692. The summed E-state index contributed by atoms with van der Waals surface area (Å²) < 4.78 is 50.2. The molecule has 2 heterocycles. The second kappa shape index (κ2) is 26.2. The van der Waals surface area contributed by atoms with Crippen LogP contribution in [-0.4, -0.2) is 128 Å². The van der Waals surface area contributed by atoms with Gasteiger partial charge in [-0.05, 0) is 129 Å². The van der Waals surface area contributed by atoms with E-state index in [1.54, 1.807) is 55.5 Å². The standard InChI is InChI=1S/C65H96N2O15Si/c1-14-31-75-60(72)66-34-42-18-20-43(21-19-42)35-67-61(73)81-55-52(70)37-77-59(56(55)79-57(71)44-22-16-39(4)17-23-44)80-54-40(5)58(76-36-51(54)69)78-53-33-49-47-25-24-45-32-46(82-83(12,13)62(7,8)9)27-29-63(45,10)48(47)28-30-64(49,11)65(53,74)41(6)50(68)26-15-38(2)3/h14,16-24,38,40-41,46-49,51-56,58-59,69-70,74H,1,15,25-37H2,2-13H3,(H,66,72)(H,67,73)/t40?,41-,46+,47-,48?,49+,51?,52?,53+,54?,55?,56?,58?,59?,63+,64+,65-/m1/s1. The lowest BCUT2D eigenvalue weighted by Gasteiger charge is -2.60. The molecule has 2 aromatic rings. The number of aliphatic hydroxyl groups is 3. The highest BCUT2D eigenvalue weighted by atomic mass is 28.4. The second-order valence-corrected chi connectivity index (χ2v) is 32.0. The van der Waals surface area contributed by atoms with Crippen LogP contribution in [0.5, 0.6) is 0 Å². The van der Waals surface area contributed by atoms with Crippen LogP contribution in [0.4, 0.5) is 9.59 Å². The molecule has 0 bridgehead atoms. The molecule has 0 aromatic heterocycles. The molecule has 5 fully saturated rings. The summed E-state index contributed by atoms with van der Waals surface area (Å²) in [5.74, 6) is -1.32. The molecule has 9 unspecified atom stereocenters. The number of allylic oxidation sites excluding steroid dienone is 1. The average Bonchev–Trinajstić information content (AvgIpc) is 1.99. The minimum absolute atomic E-state index is 0.00283. The van der Waals surface area contributed by atoms with Crippen molar-refractivity contribution in [2.75, 3.05) is 19.8 Å². The average molecular weight is 1170 g/mol. The zero-order valence-electron chi connectivity index (χ0n) is 51.3. The molecule has 83 heavy (non-hydrogen) atoms. The minimum atomic E-state index is -1.98. The van der Waals surface area contributed by atoms with Crippen molar-refractivity contribution < 1.29 is 72.1 Å². The number of hydrogen-bond donors (Lipinski definition) is 5. The number of benzene rings is 2. The van der Waals surface area contributed by atoms with Gasteiger partial charge in [0.2, 0.25) is 0 Å². The number of aryl methyl sites for hydroxylation is 1. The molecule has 2 amide bonds. The smallest absolute Gasteiger partial charge is 0.407 e. The predicted molar refractivity (Wildman–Crippen MR) is 315 cm³/mol. The number of aliphatic hydroxyl groups excluding tert-OH is 2. The molecule has 4 aliphatic carbocycles. The summed E-state index contributed by atoms with van der Waals surface area (Å²) in [5, 5.41) is 42.4. The van der Waals surface area contributed by atoms with Gasteiger partial charge in [-0.25, -0.2) is 14.4 Å². The Morgan fingerprint density at radius 1 is 0.831 bits per heavy atom. The molecule has 17 nitrogen and oxygen atoms in total. The Morgan fingerprint density at radius 3 is 2.08 bits per heavy atom. The zero-order chi connectivity index (χ0) is 60.4. The van der Waals surface area contributed by atoms with Crippen molar-refractivity contribution in [2.24, 2.45) is 46.3 Å². The molecule has 2 aliphatic heterocycles. The van der Waals surface area contributed by atoms with Gasteiger partial charge in [-0.1, -0.05) is 129 Å². The van der Waals surface area contributed by atoms with Crippen molar-refractivity contribution in [1.29, 1.82) is 0 Å². The number of esters is 1. The van der Waals surface area contributed by atoms with Gasteiger partial charge in [0.1, 0.15) is 30.2 Å². The molecule has 5 N–H and O–H groups in total. The van der Waals surface area contributed by atoms with E-state index in [0.29, 0.717) is 36.7 Å². The van der Waals surface area contributed by atoms with Crippen molar-refractivity contribution in [1.82, 2.24) is 10.6 Å². The molecule has 2 aromatic carbocycles. The van der Waals surface area contributed by atoms with E-state index >= 15 is 0 Å². The summed E-state index contributed by atoms with van der Waals surface area (Å²) in [7, 11) is -1.98. The molecule has 2 saturated heterocycles. The van der Waals surface area contributed by atoms with E-state index in [1.807, 2.05) is 13.8 Å². The maximum Gasteiger partial charge on any atom is 0.407 e. The van der Waals surface area contributed by atoms with Gasteiger partial charge in [-0.2, -0.15) is 0 Å². The minimum Gasteiger partial charge on any atom is -0.449 e. The lowest BCUT2D eigenvalue weighted by Crippen LogP contribution is -2.63. The topological polar surface area (TPSA) is 227 Å². The van der Waals surface area contributed by atoms with Gasteiger partial charge in [-0.15, -0.1) is 0 Å². The van der Waals surface area contributed by atoms with Crippen LogP contribution in [0, 0.1) is 53.3 Å². The summed E-state index contributed by atoms with van der Waals surface area (Å²) in [5.41, 5.74) is 1.84. The highest BCUT2D eigenvalue weighted by Crippen LogP contribution is 2.69. The molecular formula is C65H96N2O15Si. The maximum absolute atomic E-state index is 14.5. The Morgan fingerprint density at radius 2 is 1.46 bits per heavy atom. The van der Waals surface area contributed by atoms with Gasteiger partial charge in [-0.3, -0.25) is 4.79 Å². The lowest BCUT2D eigenvalue weighted by molar-refractivity contribution is -0.333. The third kappa shape index (κ3) is 13.9. The van der Waals surface area contributed by atoms with Crippen LogP contribution >= 0.6 is 0 Å². The van der Waals surface area contributed by atoms with Gasteiger partial charge in [0, 0.05) is 42.9 Å². The van der Waals surface area contributed by atoms with E-state index in [4.69, 9.17) is 37.6 Å². The summed E-state index contributed by atoms with van der Waals surface area (Å²) in [6.45, 7) is 29.2.